The van der Waals surface area contributed by atoms with Gasteiger partial charge in [0.15, 0.2) is 5.78 Å². The van der Waals surface area contributed by atoms with Crippen LogP contribution < -0.4 is 0 Å². The Bertz CT molecular complexity index is 200. The third-order valence-corrected chi connectivity index (χ3v) is 2.88. The molecule has 13 heavy (non-hydrogen) atoms. The summed E-state index contributed by atoms with van der Waals surface area (Å²) in [4.78, 5) is 13.7. The summed E-state index contributed by atoms with van der Waals surface area (Å²) in [6, 6.07) is 0.0636. The van der Waals surface area contributed by atoms with Crippen LogP contribution in [0.5, 0.6) is 0 Å². The second-order valence-corrected chi connectivity index (χ2v) is 4.31. The Labute approximate surface area is 80.6 Å². The van der Waals surface area contributed by atoms with Crippen LogP contribution in [-0.4, -0.2) is 30.3 Å². The number of hydrogen-bond donors (Lipinski definition) is 0. The normalized spacial score (nSPS) is 35.8. The Morgan fingerprint density at radius 2 is 2.15 bits per heavy atom. The number of carbonyl (C=O) groups is 1. The average Bonchev–Trinajstić information content (AvgIpc) is 2.02. The molecular formula is C11H19NO. The van der Waals surface area contributed by atoms with E-state index in [4.69, 9.17) is 0 Å². The minimum absolute atomic E-state index is 0.0636. The van der Waals surface area contributed by atoms with Crippen molar-refractivity contribution in [2.24, 2.45) is 11.8 Å². The van der Waals surface area contributed by atoms with E-state index in [-0.39, 0.29) is 11.8 Å². The smallest absolute Gasteiger partial charge is 0.172 e. The third kappa shape index (κ3) is 2.19. The molecule has 74 valence electrons. The maximum absolute atomic E-state index is 11.5. The summed E-state index contributed by atoms with van der Waals surface area (Å²) in [5.41, 5.74) is 0. The molecule has 0 bridgehead atoms. The topological polar surface area (TPSA) is 20.3 Å². The van der Waals surface area contributed by atoms with Crippen LogP contribution >= 0.6 is 0 Å². The summed E-state index contributed by atoms with van der Waals surface area (Å²) >= 11 is 0. The summed E-state index contributed by atoms with van der Waals surface area (Å²) in [5, 5.41) is 0. The van der Waals surface area contributed by atoms with E-state index >= 15 is 0 Å². The van der Waals surface area contributed by atoms with Crippen molar-refractivity contribution in [3.8, 4) is 0 Å². The summed E-state index contributed by atoms with van der Waals surface area (Å²) in [6.45, 7) is 8.96. The Balaban J connectivity index is 2.72. The lowest BCUT2D eigenvalue weighted by Crippen LogP contribution is -2.48. The van der Waals surface area contributed by atoms with Gasteiger partial charge in [0.25, 0.3) is 0 Å². The molecule has 0 spiro atoms. The number of hydrogen-bond acceptors (Lipinski definition) is 2. The molecule has 0 aromatic rings. The number of nitrogens with zero attached hydrogens (tertiary/aromatic N) is 1. The van der Waals surface area contributed by atoms with Gasteiger partial charge in [-0.05, 0) is 31.4 Å². The predicted molar refractivity (Wildman–Crippen MR) is 54.6 cm³/mol. The molecule has 2 nitrogen and oxygen atoms in total. The minimum Gasteiger partial charge on any atom is -0.296 e. The molecule has 0 aromatic heterocycles. The van der Waals surface area contributed by atoms with Crippen molar-refractivity contribution in [3.05, 3.63) is 12.7 Å². The molecular weight excluding hydrogens is 162 g/mol. The molecule has 1 rings (SSSR count). The molecule has 0 radical (unpaired) electrons. The van der Waals surface area contributed by atoms with Crippen LogP contribution in [0.3, 0.4) is 0 Å². The number of ketones is 1. The number of piperidine rings is 1. The van der Waals surface area contributed by atoms with Crippen molar-refractivity contribution in [2.75, 3.05) is 13.6 Å². The Morgan fingerprint density at radius 3 is 2.62 bits per heavy atom. The third-order valence-electron chi connectivity index (χ3n) is 2.88. The van der Waals surface area contributed by atoms with Gasteiger partial charge in [-0.15, -0.1) is 0 Å². The second-order valence-electron chi connectivity index (χ2n) is 4.31. The maximum atomic E-state index is 11.5. The monoisotopic (exact) mass is 181 g/mol. The molecule has 1 fully saturated rings. The van der Waals surface area contributed by atoms with Crippen LogP contribution in [0.15, 0.2) is 12.7 Å². The Kier molecular flexibility index (Phi) is 3.26. The molecule has 0 saturated carbocycles. The molecule has 1 aliphatic rings. The van der Waals surface area contributed by atoms with E-state index in [1.54, 1.807) is 0 Å². The molecule has 1 heterocycles. The lowest BCUT2D eigenvalue weighted by Gasteiger charge is -2.39. The highest BCUT2D eigenvalue weighted by atomic mass is 16.1. The highest BCUT2D eigenvalue weighted by molar-refractivity contribution is 5.94. The Morgan fingerprint density at radius 1 is 1.54 bits per heavy atom. The number of carbonyl (C=O) groups excluding carboxylic acids is 1. The summed E-state index contributed by atoms with van der Waals surface area (Å²) in [7, 11) is 2.03. The fourth-order valence-corrected chi connectivity index (χ4v) is 2.50. The number of likely N-dealkylation sites (tertiary alicyclic amines) is 1. The molecule has 3 unspecified atom stereocenters. The van der Waals surface area contributed by atoms with Crippen LogP contribution in [-0.2, 0) is 4.79 Å². The quantitative estimate of drug-likeness (QED) is 0.604. The molecule has 1 saturated heterocycles. The van der Waals surface area contributed by atoms with Crippen LogP contribution in [0.2, 0.25) is 0 Å². The fraction of sp³-hybridized carbons (Fsp3) is 0.727. The van der Waals surface area contributed by atoms with Gasteiger partial charge in [-0.3, -0.25) is 9.69 Å². The largest absolute Gasteiger partial charge is 0.296 e. The Hall–Kier alpha value is -0.630. The van der Waals surface area contributed by atoms with Gasteiger partial charge in [0.05, 0.1) is 6.04 Å². The molecule has 0 N–H and O–H groups in total. The van der Waals surface area contributed by atoms with Crippen molar-refractivity contribution in [2.45, 2.75) is 26.3 Å². The maximum Gasteiger partial charge on any atom is 0.172 e. The SMILES string of the molecule is C=CC(=O)C1C(C)CC(C)CN1C. The summed E-state index contributed by atoms with van der Waals surface area (Å²) in [5.74, 6) is 1.33. The zero-order valence-electron chi connectivity index (χ0n) is 8.79. The lowest BCUT2D eigenvalue weighted by atomic mass is 9.83. The van der Waals surface area contributed by atoms with Gasteiger partial charge in [-0.1, -0.05) is 20.4 Å². The van der Waals surface area contributed by atoms with Crippen LogP contribution in [0.1, 0.15) is 20.3 Å². The van der Waals surface area contributed by atoms with E-state index in [2.05, 4.69) is 25.3 Å². The zero-order valence-corrected chi connectivity index (χ0v) is 8.79. The van der Waals surface area contributed by atoms with Gasteiger partial charge in [-0.2, -0.15) is 0 Å². The summed E-state index contributed by atoms with van der Waals surface area (Å²) in [6.07, 6.45) is 2.60. The highest BCUT2D eigenvalue weighted by Crippen LogP contribution is 2.26. The summed E-state index contributed by atoms with van der Waals surface area (Å²) < 4.78 is 0. The van der Waals surface area contributed by atoms with Crippen molar-refractivity contribution >= 4 is 5.78 Å². The van der Waals surface area contributed by atoms with Crippen molar-refractivity contribution < 1.29 is 4.79 Å². The predicted octanol–water partition coefficient (Wildman–Crippen LogP) is 1.72. The fourth-order valence-electron chi connectivity index (χ4n) is 2.50. The molecule has 0 aliphatic carbocycles. The highest BCUT2D eigenvalue weighted by Gasteiger charge is 2.32. The zero-order chi connectivity index (χ0) is 10.0. The number of likely N-dealkylation sites (N-methyl/N-ethyl adjacent to an activating group) is 1. The van der Waals surface area contributed by atoms with Crippen LogP contribution in [0, 0.1) is 11.8 Å². The number of rotatable bonds is 2. The van der Waals surface area contributed by atoms with Gasteiger partial charge in [0, 0.05) is 6.54 Å². The van der Waals surface area contributed by atoms with Gasteiger partial charge in [0.1, 0.15) is 0 Å². The van der Waals surface area contributed by atoms with E-state index in [0.717, 1.165) is 13.0 Å². The van der Waals surface area contributed by atoms with Crippen molar-refractivity contribution in [3.63, 3.8) is 0 Å². The van der Waals surface area contributed by atoms with E-state index < -0.39 is 0 Å². The van der Waals surface area contributed by atoms with E-state index in [1.165, 1.54) is 6.08 Å². The first kappa shape index (κ1) is 10.5. The van der Waals surface area contributed by atoms with E-state index in [9.17, 15) is 4.79 Å². The molecule has 1 aliphatic heterocycles. The van der Waals surface area contributed by atoms with Gasteiger partial charge < -0.3 is 0 Å². The lowest BCUT2D eigenvalue weighted by molar-refractivity contribution is -0.122. The minimum atomic E-state index is 0.0636. The van der Waals surface area contributed by atoms with Gasteiger partial charge in [0.2, 0.25) is 0 Å². The second kappa shape index (κ2) is 4.05. The van der Waals surface area contributed by atoms with Gasteiger partial charge in [-0.25, -0.2) is 0 Å². The van der Waals surface area contributed by atoms with Crippen LogP contribution in [0.25, 0.3) is 0 Å². The first-order valence-corrected chi connectivity index (χ1v) is 4.92. The van der Waals surface area contributed by atoms with Gasteiger partial charge >= 0.3 is 0 Å². The molecule has 0 amide bonds. The van der Waals surface area contributed by atoms with Crippen molar-refractivity contribution in [1.82, 2.24) is 4.90 Å². The average molecular weight is 181 g/mol. The molecule has 0 aromatic carbocycles. The standard InChI is InChI=1S/C11H19NO/c1-5-10(13)11-9(3)6-8(2)7-12(11)4/h5,8-9,11H,1,6-7H2,2-4H3. The van der Waals surface area contributed by atoms with E-state index in [0.29, 0.717) is 11.8 Å². The molecule has 3 atom stereocenters. The first-order chi connectivity index (χ1) is 6.06. The molecule has 2 heteroatoms. The van der Waals surface area contributed by atoms with E-state index in [1.807, 2.05) is 7.05 Å². The first-order valence-electron chi connectivity index (χ1n) is 4.92. The van der Waals surface area contributed by atoms with Crippen molar-refractivity contribution in [1.29, 1.82) is 0 Å². The van der Waals surface area contributed by atoms with Crippen LogP contribution in [0.4, 0.5) is 0 Å².